The Labute approximate surface area is 147 Å². The summed E-state index contributed by atoms with van der Waals surface area (Å²) in [7, 11) is 0. The summed E-state index contributed by atoms with van der Waals surface area (Å²) in [5.41, 5.74) is 0.119. The van der Waals surface area contributed by atoms with Crippen molar-refractivity contribution in [3.05, 3.63) is 59.3 Å². The summed E-state index contributed by atoms with van der Waals surface area (Å²) in [5, 5.41) is 12.2. The summed E-state index contributed by atoms with van der Waals surface area (Å²) in [6, 6.07) is 9.50. The van der Waals surface area contributed by atoms with Crippen molar-refractivity contribution in [2.45, 2.75) is 37.7 Å². The fourth-order valence-electron chi connectivity index (χ4n) is 3.04. The fraction of sp³-hybridized carbons (Fsp3) is 0.333. The number of ether oxygens (including phenoxy) is 1. The maximum atomic E-state index is 13.0. The highest BCUT2D eigenvalue weighted by atomic mass is 19.4. The molecule has 3 atom stereocenters. The first kappa shape index (κ1) is 18.2. The molecule has 2 N–H and O–H groups in total. The van der Waals surface area contributed by atoms with Gasteiger partial charge in [0.15, 0.2) is 0 Å². The van der Waals surface area contributed by atoms with Crippen LogP contribution in [0, 0.1) is 6.92 Å². The van der Waals surface area contributed by atoms with Gasteiger partial charge < -0.3 is 9.84 Å². The Balaban J connectivity index is 1.89. The maximum absolute atomic E-state index is 13.0. The Kier molecular flexibility index (Phi) is 4.86. The van der Waals surface area contributed by atoms with Gasteiger partial charge in [-0.1, -0.05) is 30.3 Å². The van der Waals surface area contributed by atoms with Crippen molar-refractivity contribution in [2.75, 3.05) is 0 Å². The Hall–Kier alpha value is -2.61. The van der Waals surface area contributed by atoms with Crippen LogP contribution in [0.3, 0.4) is 0 Å². The van der Waals surface area contributed by atoms with E-state index in [9.17, 15) is 23.1 Å². The van der Waals surface area contributed by atoms with E-state index in [1.165, 1.54) is 6.92 Å². The molecule has 1 aromatic carbocycles. The number of aromatic nitrogens is 1. The quantitative estimate of drug-likeness (QED) is 0.868. The lowest BCUT2D eigenvalue weighted by Gasteiger charge is -2.21. The Morgan fingerprint density at radius 1 is 1.27 bits per heavy atom. The average molecular weight is 366 g/mol. The van der Waals surface area contributed by atoms with E-state index >= 15 is 0 Å². The molecule has 0 radical (unpaired) electrons. The molecule has 0 saturated carbocycles. The van der Waals surface area contributed by atoms with Crippen LogP contribution in [0.4, 0.5) is 13.2 Å². The highest BCUT2D eigenvalue weighted by Crippen LogP contribution is 2.34. The van der Waals surface area contributed by atoms with Gasteiger partial charge in [0.2, 0.25) is 5.88 Å². The van der Waals surface area contributed by atoms with E-state index < -0.39 is 35.9 Å². The van der Waals surface area contributed by atoms with E-state index in [-0.39, 0.29) is 18.0 Å². The van der Waals surface area contributed by atoms with Crippen LogP contribution >= 0.6 is 0 Å². The molecule has 1 saturated heterocycles. The number of pyridine rings is 1. The first-order chi connectivity index (χ1) is 12.2. The number of rotatable bonds is 4. The average Bonchev–Trinajstić information content (AvgIpc) is 2.98. The zero-order valence-electron chi connectivity index (χ0n) is 13.8. The molecule has 0 bridgehead atoms. The molecule has 1 aliphatic heterocycles. The number of carbonyl (C=O) groups is 1. The van der Waals surface area contributed by atoms with Gasteiger partial charge in [-0.15, -0.1) is 0 Å². The molecule has 1 aliphatic rings. The van der Waals surface area contributed by atoms with Crippen molar-refractivity contribution in [1.82, 2.24) is 10.3 Å². The van der Waals surface area contributed by atoms with Crippen LogP contribution in [-0.2, 0) is 11.0 Å². The van der Waals surface area contributed by atoms with E-state index in [1.807, 2.05) is 18.2 Å². The van der Waals surface area contributed by atoms with Crippen molar-refractivity contribution in [3.63, 3.8) is 0 Å². The molecule has 2 heterocycles. The van der Waals surface area contributed by atoms with Crippen molar-refractivity contribution in [2.24, 2.45) is 0 Å². The highest BCUT2D eigenvalue weighted by Gasteiger charge is 2.40. The van der Waals surface area contributed by atoms with E-state index in [2.05, 4.69) is 10.3 Å². The topological polar surface area (TPSA) is 71.5 Å². The second-order valence-corrected chi connectivity index (χ2v) is 6.17. The molecule has 3 rings (SSSR count). The number of aliphatic carboxylic acids is 1. The number of nitrogens with one attached hydrogen (secondary N) is 1. The molecule has 1 aromatic heterocycles. The standard InChI is InChI=1S/C18H17F3N2O3/c1-10-7-12(18(19,20)21)8-15(22-10)26-14-9-13(17(24)25)23-16(14)11-5-3-2-4-6-11/h2-8,13-14,16,23H,9H2,1H3,(H,24,25). The van der Waals surface area contributed by atoms with Crippen LogP contribution in [0.2, 0.25) is 0 Å². The number of aryl methyl sites for hydroxylation is 1. The smallest absolute Gasteiger partial charge is 0.416 e. The van der Waals surface area contributed by atoms with Gasteiger partial charge in [0.25, 0.3) is 0 Å². The number of nitrogens with zero attached hydrogens (tertiary/aromatic N) is 1. The van der Waals surface area contributed by atoms with Gasteiger partial charge in [0.1, 0.15) is 12.1 Å². The lowest BCUT2D eigenvalue weighted by molar-refractivity contribution is -0.139. The molecule has 0 spiro atoms. The number of benzene rings is 1. The van der Waals surface area contributed by atoms with Crippen molar-refractivity contribution < 1.29 is 27.8 Å². The molecule has 0 amide bonds. The molecular formula is C18H17F3N2O3. The van der Waals surface area contributed by atoms with Gasteiger partial charge in [0.05, 0.1) is 11.6 Å². The minimum absolute atomic E-state index is 0.117. The minimum atomic E-state index is -4.51. The molecular weight excluding hydrogens is 349 g/mol. The largest absolute Gasteiger partial charge is 0.480 e. The maximum Gasteiger partial charge on any atom is 0.416 e. The molecule has 8 heteroatoms. The molecule has 138 valence electrons. The monoisotopic (exact) mass is 366 g/mol. The summed E-state index contributed by atoms with van der Waals surface area (Å²) >= 11 is 0. The van der Waals surface area contributed by atoms with Crippen molar-refractivity contribution in [3.8, 4) is 5.88 Å². The normalized spacial score (nSPS) is 23.0. The number of alkyl halides is 3. The van der Waals surface area contributed by atoms with Gasteiger partial charge >= 0.3 is 12.1 Å². The summed E-state index contributed by atoms with van der Waals surface area (Å²) in [4.78, 5) is 15.3. The number of carboxylic acid groups (broad SMARTS) is 1. The van der Waals surface area contributed by atoms with E-state index in [0.29, 0.717) is 0 Å². The first-order valence-corrected chi connectivity index (χ1v) is 8.00. The Bertz CT molecular complexity index is 796. The summed E-state index contributed by atoms with van der Waals surface area (Å²) in [6.07, 6.45) is -5.05. The number of hydrogen-bond donors (Lipinski definition) is 2. The fourth-order valence-corrected chi connectivity index (χ4v) is 3.04. The van der Waals surface area contributed by atoms with Crippen molar-refractivity contribution >= 4 is 5.97 Å². The lowest BCUT2D eigenvalue weighted by Crippen LogP contribution is -2.32. The lowest BCUT2D eigenvalue weighted by atomic mass is 10.0. The second-order valence-electron chi connectivity index (χ2n) is 6.17. The van der Waals surface area contributed by atoms with Crippen LogP contribution in [-0.4, -0.2) is 28.2 Å². The molecule has 3 unspecified atom stereocenters. The molecule has 5 nitrogen and oxygen atoms in total. The van der Waals surface area contributed by atoms with Gasteiger partial charge in [0, 0.05) is 18.2 Å². The predicted molar refractivity (Wildman–Crippen MR) is 86.8 cm³/mol. The van der Waals surface area contributed by atoms with E-state index in [4.69, 9.17) is 4.74 Å². The molecule has 0 aliphatic carbocycles. The number of carboxylic acids is 1. The van der Waals surface area contributed by atoms with Gasteiger partial charge in [-0.3, -0.25) is 10.1 Å². The summed E-state index contributed by atoms with van der Waals surface area (Å²) < 4.78 is 44.7. The molecule has 1 fully saturated rings. The first-order valence-electron chi connectivity index (χ1n) is 8.00. The Morgan fingerprint density at radius 2 is 1.96 bits per heavy atom. The highest BCUT2D eigenvalue weighted by molar-refractivity contribution is 5.74. The second kappa shape index (κ2) is 6.95. The van der Waals surface area contributed by atoms with Crippen LogP contribution in [0.15, 0.2) is 42.5 Å². The van der Waals surface area contributed by atoms with Crippen LogP contribution < -0.4 is 10.1 Å². The molecule has 2 aromatic rings. The SMILES string of the molecule is Cc1cc(C(F)(F)F)cc(OC2CC(C(=O)O)NC2c2ccccc2)n1. The zero-order valence-corrected chi connectivity index (χ0v) is 13.8. The predicted octanol–water partition coefficient (Wildman–Crippen LogP) is 3.34. The van der Waals surface area contributed by atoms with E-state index in [1.54, 1.807) is 12.1 Å². The van der Waals surface area contributed by atoms with Gasteiger partial charge in [-0.2, -0.15) is 13.2 Å². The number of halogens is 3. The third kappa shape index (κ3) is 3.96. The van der Waals surface area contributed by atoms with Crippen LogP contribution in [0.1, 0.15) is 29.3 Å². The van der Waals surface area contributed by atoms with Crippen molar-refractivity contribution in [1.29, 1.82) is 0 Å². The number of hydrogen-bond acceptors (Lipinski definition) is 4. The summed E-state index contributed by atoms with van der Waals surface area (Å²) in [6.45, 7) is 1.45. The minimum Gasteiger partial charge on any atom is -0.480 e. The Morgan fingerprint density at radius 3 is 2.58 bits per heavy atom. The third-order valence-electron chi connectivity index (χ3n) is 4.21. The van der Waals surface area contributed by atoms with Gasteiger partial charge in [-0.25, -0.2) is 4.98 Å². The van der Waals surface area contributed by atoms with E-state index in [0.717, 1.165) is 17.7 Å². The van der Waals surface area contributed by atoms with Gasteiger partial charge in [-0.05, 0) is 18.6 Å². The summed E-state index contributed by atoms with van der Waals surface area (Å²) in [5.74, 6) is -1.21. The van der Waals surface area contributed by atoms with Crippen LogP contribution in [0.25, 0.3) is 0 Å². The molecule has 26 heavy (non-hydrogen) atoms. The zero-order chi connectivity index (χ0) is 18.9. The van der Waals surface area contributed by atoms with Crippen LogP contribution in [0.5, 0.6) is 5.88 Å². The third-order valence-corrected chi connectivity index (χ3v) is 4.21.